The second-order valence-corrected chi connectivity index (χ2v) is 5.39. The SMILES string of the molecule is CCOc1ccc(NC(=O)c2ccnc(NCc3ccncc3)n2)cc1. The van der Waals surface area contributed by atoms with E-state index in [1.165, 1.54) is 0 Å². The third-order valence-corrected chi connectivity index (χ3v) is 3.51. The van der Waals surface area contributed by atoms with Crippen molar-refractivity contribution < 1.29 is 9.53 Å². The quantitative estimate of drug-likeness (QED) is 0.681. The highest BCUT2D eigenvalue weighted by Crippen LogP contribution is 2.16. The molecule has 0 unspecified atom stereocenters. The number of rotatable bonds is 7. The monoisotopic (exact) mass is 349 g/mol. The zero-order valence-corrected chi connectivity index (χ0v) is 14.3. The van der Waals surface area contributed by atoms with Gasteiger partial charge in [-0.15, -0.1) is 0 Å². The van der Waals surface area contributed by atoms with Crippen LogP contribution in [-0.2, 0) is 6.54 Å². The summed E-state index contributed by atoms with van der Waals surface area (Å²) in [5.41, 5.74) is 2.00. The van der Waals surface area contributed by atoms with Gasteiger partial charge < -0.3 is 15.4 Å². The van der Waals surface area contributed by atoms with Gasteiger partial charge in [-0.25, -0.2) is 9.97 Å². The van der Waals surface area contributed by atoms with Crippen LogP contribution in [0, 0.1) is 0 Å². The molecule has 0 radical (unpaired) electrons. The lowest BCUT2D eigenvalue weighted by Crippen LogP contribution is -2.15. The number of nitrogens with zero attached hydrogens (tertiary/aromatic N) is 3. The zero-order valence-electron chi connectivity index (χ0n) is 14.3. The highest BCUT2D eigenvalue weighted by atomic mass is 16.5. The lowest BCUT2D eigenvalue weighted by atomic mass is 10.3. The molecule has 0 aliphatic heterocycles. The number of benzene rings is 1. The molecule has 0 bridgehead atoms. The maximum Gasteiger partial charge on any atom is 0.274 e. The molecule has 3 aromatic rings. The van der Waals surface area contributed by atoms with Gasteiger partial charge in [-0.05, 0) is 55.0 Å². The summed E-state index contributed by atoms with van der Waals surface area (Å²) < 4.78 is 5.38. The van der Waals surface area contributed by atoms with Crippen LogP contribution in [-0.4, -0.2) is 27.5 Å². The van der Waals surface area contributed by atoms with E-state index in [9.17, 15) is 4.79 Å². The average Bonchev–Trinajstić information content (AvgIpc) is 2.69. The van der Waals surface area contributed by atoms with Crippen molar-refractivity contribution >= 4 is 17.5 Å². The molecule has 2 N–H and O–H groups in total. The highest BCUT2D eigenvalue weighted by molar-refractivity contribution is 6.02. The lowest BCUT2D eigenvalue weighted by molar-refractivity contribution is 0.102. The number of carbonyl (C=O) groups excluding carboxylic acids is 1. The number of hydrogen-bond acceptors (Lipinski definition) is 6. The van der Waals surface area contributed by atoms with Crippen LogP contribution in [0.3, 0.4) is 0 Å². The first-order valence-corrected chi connectivity index (χ1v) is 8.24. The first-order valence-electron chi connectivity index (χ1n) is 8.24. The van der Waals surface area contributed by atoms with Gasteiger partial charge in [0.25, 0.3) is 5.91 Å². The maximum atomic E-state index is 12.4. The molecule has 0 atom stereocenters. The van der Waals surface area contributed by atoms with E-state index >= 15 is 0 Å². The van der Waals surface area contributed by atoms with Crippen LogP contribution in [0.1, 0.15) is 23.0 Å². The summed E-state index contributed by atoms with van der Waals surface area (Å²) in [6.07, 6.45) is 4.99. The number of anilines is 2. The van der Waals surface area contributed by atoms with Crippen LogP contribution < -0.4 is 15.4 Å². The lowest BCUT2D eigenvalue weighted by Gasteiger charge is -2.08. The Hall–Kier alpha value is -3.48. The molecular formula is C19H19N5O2. The first kappa shape index (κ1) is 17.3. The number of carbonyl (C=O) groups is 1. The second-order valence-electron chi connectivity index (χ2n) is 5.39. The summed E-state index contributed by atoms with van der Waals surface area (Å²) in [5.74, 6) is 0.847. The van der Waals surface area contributed by atoms with Gasteiger partial charge in [0.2, 0.25) is 5.95 Å². The molecule has 3 rings (SSSR count). The molecule has 0 spiro atoms. The summed E-state index contributed by atoms with van der Waals surface area (Å²) in [7, 11) is 0. The van der Waals surface area contributed by atoms with E-state index in [4.69, 9.17) is 4.74 Å². The molecule has 132 valence electrons. The van der Waals surface area contributed by atoms with E-state index in [-0.39, 0.29) is 11.6 Å². The molecule has 26 heavy (non-hydrogen) atoms. The number of pyridine rings is 1. The molecule has 0 aliphatic rings. The fourth-order valence-corrected chi connectivity index (χ4v) is 2.25. The number of nitrogens with one attached hydrogen (secondary N) is 2. The van der Waals surface area contributed by atoms with Crippen LogP contribution in [0.15, 0.2) is 61.1 Å². The minimum atomic E-state index is -0.302. The Kier molecular flexibility index (Phi) is 5.72. The zero-order chi connectivity index (χ0) is 18.2. The van der Waals surface area contributed by atoms with Gasteiger partial charge in [-0.1, -0.05) is 0 Å². The predicted molar refractivity (Wildman–Crippen MR) is 99.2 cm³/mol. The Morgan fingerprint density at radius 1 is 1.04 bits per heavy atom. The van der Waals surface area contributed by atoms with Crippen molar-refractivity contribution in [3.8, 4) is 5.75 Å². The van der Waals surface area contributed by atoms with Crippen LogP contribution in [0.4, 0.5) is 11.6 Å². The van der Waals surface area contributed by atoms with Crippen molar-refractivity contribution in [2.24, 2.45) is 0 Å². The largest absolute Gasteiger partial charge is 0.494 e. The van der Waals surface area contributed by atoms with Gasteiger partial charge in [0.15, 0.2) is 0 Å². The van der Waals surface area contributed by atoms with Crippen LogP contribution in [0.2, 0.25) is 0 Å². The van der Waals surface area contributed by atoms with Gasteiger partial charge in [0.05, 0.1) is 6.61 Å². The molecule has 7 heteroatoms. The molecular weight excluding hydrogens is 330 g/mol. The summed E-state index contributed by atoms with van der Waals surface area (Å²) in [6.45, 7) is 3.07. The van der Waals surface area contributed by atoms with E-state index in [1.807, 2.05) is 19.1 Å². The maximum absolute atomic E-state index is 12.4. The fraction of sp³-hybridized carbons (Fsp3) is 0.158. The summed E-state index contributed by atoms with van der Waals surface area (Å²) >= 11 is 0. The van der Waals surface area contributed by atoms with Crippen molar-refractivity contribution in [2.45, 2.75) is 13.5 Å². The number of ether oxygens (including phenoxy) is 1. The minimum absolute atomic E-state index is 0.283. The van der Waals surface area contributed by atoms with Gasteiger partial charge in [0, 0.05) is 30.8 Å². The van der Waals surface area contributed by atoms with Crippen molar-refractivity contribution in [3.05, 3.63) is 72.3 Å². The van der Waals surface area contributed by atoms with Gasteiger partial charge >= 0.3 is 0 Å². The second kappa shape index (κ2) is 8.57. The Labute approximate surface area is 151 Å². The van der Waals surface area contributed by atoms with Crippen molar-refractivity contribution in [3.63, 3.8) is 0 Å². The third kappa shape index (κ3) is 4.76. The van der Waals surface area contributed by atoms with Gasteiger partial charge in [0.1, 0.15) is 11.4 Å². The standard InChI is InChI=1S/C19H19N5O2/c1-2-26-16-5-3-15(4-6-16)23-18(25)17-9-12-21-19(24-17)22-13-14-7-10-20-11-8-14/h3-12H,2,13H2,1H3,(H,23,25)(H,21,22,24). The number of aromatic nitrogens is 3. The summed E-state index contributed by atoms with van der Waals surface area (Å²) in [6, 6.07) is 12.5. The summed E-state index contributed by atoms with van der Waals surface area (Å²) in [4.78, 5) is 24.8. The Morgan fingerprint density at radius 3 is 2.54 bits per heavy atom. The van der Waals surface area contributed by atoms with E-state index < -0.39 is 0 Å². The molecule has 7 nitrogen and oxygen atoms in total. The molecule has 2 heterocycles. The third-order valence-electron chi connectivity index (χ3n) is 3.51. The molecule has 0 saturated carbocycles. The van der Waals surface area contributed by atoms with Gasteiger partial charge in [-0.2, -0.15) is 0 Å². The van der Waals surface area contributed by atoms with Crippen LogP contribution >= 0.6 is 0 Å². The van der Waals surface area contributed by atoms with Crippen LogP contribution in [0.5, 0.6) is 5.75 Å². The normalized spacial score (nSPS) is 10.2. The van der Waals surface area contributed by atoms with E-state index in [0.717, 1.165) is 11.3 Å². The van der Waals surface area contributed by atoms with Crippen molar-refractivity contribution in [1.82, 2.24) is 15.0 Å². The molecule has 1 amide bonds. The molecule has 1 aromatic carbocycles. The first-order chi connectivity index (χ1) is 12.7. The fourth-order valence-electron chi connectivity index (χ4n) is 2.25. The van der Waals surface area contributed by atoms with Crippen molar-refractivity contribution in [1.29, 1.82) is 0 Å². The smallest absolute Gasteiger partial charge is 0.274 e. The average molecular weight is 349 g/mol. The number of hydrogen-bond donors (Lipinski definition) is 2. The topological polar surface area (TPSA) is 89.0 Å². The van der Waals surface area contributed by atoms with E-state index in [1.54, 1.807) is 48.9 Å². The summed E-state index contributed by atoms with van der Waals surface area (Å²) in [5, 5.41) is 5.90. The van der Waals surface area contributed by atoms with E-state index in [2.05, 4.69) is 25.6 Å². The Bertz CT molecular complexity index is 853. The molecule has 0 aliphatic carbocycles. The van der Waals surface area contributed by atoms with Crippen molar-refractivity contribution in [2.75, 3.05) is 17.2 Å². The molecule has 0 saturated heterocycles. The predicted octanol–water partition coefficient (Wildman–Crippen LogP) is 3.13. The van der Waals surface area contributed by atoms with E-state index in [0.29, 0.717) is 24.8 Å². The molecule has 0 fully saturated rings. The molecule has 2 aromatic heterocycles. The van der Waals surface area contributed by atoms with Gasteiger partial charge in [-0.3, -0.25) is 9.78 Å². The number of amides is 1. The van der Waals surface area contributed by atoms with Crippen LogP contribution in [0.25, 0.3) is 0 Å². The highest BCUT2D eigenvalue weighted by Gasteiger charge is 2.09. The minimum Gasteiger partial charge on any atom is -0.494 e. The Balaban J connectivity index is 1.62. The Morgan fingerprint density at radius 2 is 1.81 bits per heavy atom.